The van der Waals surface area contributed by atoms with E-state index in [2.05, 4.69) is 10.3 Å². The number of aromatic nitrogens is 1. The van der Waals surface area contributed by atoms with Gasteiger partial charge in [0.1, 0.15) is 29.4 Å². The first kappa shape index (κ1) is 13.1. The summed E-state index contributed by atoms with van der Waals surface area (Å²) in [5, 5.41) is 29.2. The van der Waals surface area contributed by atoms with Crippen LogP contribution in [0, 0.1) is 34.0 Å². The van der Waals surface area contributed by atoms with Crippen LogP contribution in [0.3, 0.4) is 0 Å². The molecule has 0 radical (unpaired) electrons. The Morgan fingerprint density at radius 3 is 2.60 bits per heavy atom. The lowest BCUT2D eigenvalue weighted by molar-refractivity contribution is 0.538. The molecule has 2 aromatic rings. The molecule has 0 aliphatic rings. The maximum absolute atomic E-state index is 8.97. The highest BCUT2D eigenvalue weighted by molar-refractivity contribution is 5.78. The smallest absolute Gasteiger partial charge is 0.195 e. The van der Waals surface area contributed by atoms with Crippen molar-refractivity contribution in [1.29, 1.82) is 15.8 Å². The summed E-state index contributed by atoms with van der Waals surface area (Å²) in [7, 11) is 0. The van der Waals surface area contributed by atoms with E-state index in [9.17, 15) is 0 Å². The van der Waals surface area contributed by atoms with Crippen LogP contribution in [0.25, 0.3) is 11.1 Å². The van der Waals surface area contributed by atoms with Crippen LogP contribution in [-0.2, 0) is 6.42 Å². The van der Waals surface area contributed by atoms with E-state index in [0.29, 0.717) is 23.6 Å². The molecular weight excluding hydrogens is 254 g/mol. The van der Waals surface area contributed by atoms with Crippen molar-refractivity contribution in [3.63, 3.8) is 0 Å². The molecule has 20 heavy (non-hydrogen) atoms. The van der Waals surface area contributed by atoms with Crippen molar-refractivity contribution in [3.8, 4) is 18.2 Å². The molecule has 0 aliphatic heterocycles. The number of nitrogens with one attached hydrogen (secondary N) is 1. The first-order valence-corrected chi connectivity index (χ1v) is 5.82. The van der Waals surface area contributed by atoms with Crippen LogP contribution < -0.4 is 5.32 Å². The van der Waals surface area contributed by atoms with Crippen LogP contribution in [0.5, 0.6) is 0 Å². The van der Waals surface area contributed by atoms with E-state index >= 15 is 0 Å². The number of hydrogen-bond acceptors (Lipinski definition) is 6. The number of aryl methyl sites for hydroxylation is 1. The number of oxazole rings is 1. The molecule has 0 unspecified atom stereocenters. The summed E-state index contributed by atoms with van der Waals surface area (Å²) in [4.78, 5) is 4.26. The van der Waals surface area contributed by atoms with E-state index in [4.69, 9.17) is 20.2 Å². The lowest BCUT2D eigenvalue weighted by Crippen LogP contribution is -2.00. The fraction of sp³-hybridized carbons (Fsp3) is 0.143. The van der Waals surface area contributed by atoms with E-state index in [1.807, 2.05) is 6.92 Å². The second kappa shape index (κ2) is 5.56. The molecule has 0 fully saturated rings. The van der Waals surface area contributed by atoms with Crippen LogP contribution in [-0.4, -0.2) is 4.98 Å². The highest BCUT2D eigenvalue weighted by Crippen LogP contribution is 2.21. The normalized spacial score (nSPS) is 9.30. The number of hydrogen-bond donors (Lipinski definition) is 1. The molecular formula is C14H9N5O. The number of rotatable bonds is 3. The van der Waals surface area contributed by atoms with Crippen molar-refractivity contribution >= 4 is 16.8 Å². The molecule has 0 saturated heterocycles. The van der Waals surface area contributed by atoms with Gasteiger partial charge in [-0.15, -0.1) is 0 Å². The quantitative estimate of drug-likeness (QED) is 0.852. The monoisotopic (exact) mass is 263 g/mol. The Balaban J connectivity index is 2.40. The molecule has 0 aliphatic carbocycles. The van der Waals surface area contributed by atoms with E-state index in [1.54, 1.807) is 36.4 Å². The van der Waals surface area contributed by atoms with E-state index in [1.165, 1.54) is 0 Å². The number of benzene rings is 1. The van der Waals surface area contributed by atoms with Gasteiger partial charge >= 0.3 is 0 Å². The minimum atomic E-state index is -0.264. The van der Waals surface area contributed by atoms with Crippen LogP contribution >= 0.6 is 0 Å². The molecule has 0 bridgehead atoms. The number of allylic oxidation sites excluding steroid dienone is 2. The summed E-state index contributed by atoms with van der Waals surface area (Å²) in [6.07, 6.45) is 0.688. The Labute approximate surface area is 115 Å². The first-order valence-electron chi connectivity index (χ1n) is 5.82. The Bertz CT molecular complexity index is 795. The molecule has 0 saturated carbocycles. The van der Waals surface area contributed by atoms with Crippen LogP contribution in [0.2, 0.25) is 0 Å². The first-order chi connectivity index (χ1) is 9.71. The second-order valence-electron chi connectivity index (χ2n) is 3.85. The average molecular weight is 263 g/mol. The molecule has 0 atom stereocenters. The van der Waals surface area contributed by atoms with E-state index in [-0.39, 0.29) is 11.3 Å². The van der Waals surface area contributed by atoms with Gasteiger partial charge in [-0.1, -0.05) is 6.92 Å². The third kappa shape index (κ3) is 2.43. The number of fused-ring (bicyclic) bond motifs is 1. The summed E-state index contributed by atoms with van der Waals surface area (Å²) in [6, 6.07) is 10.3. The minimum absolute atomic E-state index is 0.0930. The van der Waals surface area contributed by atoms with Gasteiger partial charge in [0.15, 0.2) is 17.0 Å². The van der Waals surface area contributed by atoms with E-state index < -0.39 is 0 Å². The topological polar surface area (TPSA) is 109 Å². The van der Waals surface area contributed by atoms with Gasteiger partial charge in [-0.25, -0.2) is 4.98 Å². The van der Waals surface area contributed by atoms with Gasteiger partial charge in [0, 0.05) is 18.2 Å². The molecule has 0 spiro atoms. The lowest BCUT2D eigenvalue weighted by atomic mass is 10.2. The molecule has 1 N–H and O–H groups in total. The molecule has 96 valence electrons. The lowest BCUT2D eigenvalue weighted by Gasteiger charge is -2.03. The minimum Gasteiger partial charge on any atom is -0.441 e. The summed E-state index contributed by atoms with van der Waals surface area (Å²) < 4.78 is 5.51. The predicted molar refractivity (Wildman–Crippen MR) is 70.9 cm³/mol. The maximum atomic E-state index is 8.97. The third-order valence-corrected chi connectivity index (χ3v) is 2.59. The zero-order valence-electron chi connectivity index (χ0n) is 10.6. The standard InChI is InChI=1S/C14H9N5O/c1-2-14-19-11-4-3-10(5-13(11)20-14)18-12(8-17)9(6-15)7-16/h3-5,18H,2H2,1H3. The highest BCUT2D eigenvalue weighted by atomic mass is 16.3. The number of nitrogens with zero attached hydrogens (tertiary/aromatic N) is 4. The highest BCUT2D eigenvalue weighted by Gasteiger charge is 2.08. The fourth-order valence-corrected chi connectivity index (χ4v) is 1.63. The molecule has 0 amide bonds. The van der Waals surface area contributed by atoms with E-state index in [0.717, 1.165) is 5.52 Å². The van der Waals surface area contributed by atoms with Crippen molar-refractivity contribution in [2.45, 2.75) is 13.3 Å². The third-order valence-electron chi connectivity index (χ3n) is 2.59. The molecule has 1 aromatic heterocycles. The van der Waals surface area contributed by atoms with Crippen molar-refractivity contribution < 1.29 is 4.42 Å². The molecule has 2 rings (SSSR count). The molecule has 6 nitrogen and oxygen atoms in total. The molecule has 1 heterocycles. The Morgan fingerprint density at radius 1 is 1.25 bits per heavy atom. The molecule has 6 heteroatoms. The average Bonchev–Trinajstić information content (AvgIpc) is 2.89. The summed E-state index contributed by atoms with van der Waals surface area (Å²) in [5.74, 6) is 0.628. The zero-order chi connectivity index (χ0) is 14.5. The van der Waals surface area contributed by atoms with Gasteiger partial charge < -0.3 is 9.73 Å². The summed E-state index contributed by atoms with van der Waals surface area (Å²) in [6.45, 7) is 1.94. The summed E-state index contributed by atoms with van der Waals surface area (Å²) in [5.41, 5.74) is 1.50. The van der Waals surface area contributed by atoms with Crippen LogP contribution in [0.15, 0.2) is 33.9 Å². The summed E-state index contributed by atoms with van der Waals surface area (Å²) >= 11 is 0. The molecule has 1 aromatic carbocycles. The van der Waals surface area contributed by atoms with Gasteiger partial charge in [0.2, 0.25) is 0 Å². The Kier molecular flexibility index (Phi) is 3.65. The van der Waals surface area contributed by atoms with Crippen LogP contribution in [0.4, 0.5) is 5.69 Å². The predicted octanol–water partition coefficient (Wildman–Crippen LogP) is 2.63. The van der Waals surface area contributed by atoms with Gasteiger partial charge in [0.25, 0.3) is 0 Å². The maximum Gasteiger partial charge on any atom is 0.195 e. The van der Waals surface area contributed by atoms with Crippen molar-refractivity contribution in [2.75, 3.05) is 5.32 Å². The van der Waals surface area contributed by atoms with Crippen molar-refractivity contribution in [2.24, 2.45) is 0 Å². The second-order valence-corrected chi connectivity index (χ2v) is 3.85. The van der Waals surface area contributed by atoms with Crippen LogP contribution in [0.1, 0.15) is 12.8 Å². The largest absolute Gasteiger partial charge is 0.441 e. The Morgan fingerprint density at radius 2 is 2.00 bits per heavy atom. The zero-order valence-corrected chi connectivity index (χ0v) is 10.6. The number of nitriles is 3. The van der Waals surface area contributed by atoms with Gasteiger partial charge in [0.05, 0.1) is 0 Å². The van der Waals surface area contributed by atoms with Gasteiger partial charge in [-0.3, -0.25) is 0 Å². The van der Waals surface area contributed by atoms with Crippen molar-refractivity contribution in [3.05, 3.63) is 35.4 Å². The van der Waals surface area contributed by atoms with Crippen molar-refractivity contribution in [1.82, 2.24) is 4.98 Å². The Hall–Kier alpha value is -3.30. The van der Waals surface area contributed by atoms with Gasteiger partial charge in [-0.2, -0.15) is 15.8 Å². The van der Waals surface area contributed by atoms with Gasteiger partial charge in [-0.05, 0) is 12.1 Å². The fourth-order valence-electron chi connectivity index (χ4n) is 1.63. The SMILES string of the molecule is CCc1nc2ccc(NC(C#N)=C(C#N)C#N)cc2o1. The number of anilines is 1.